The second-order valence-electron chi connectivity index (χ2n) is 6.04. The van der Waals surface area contributed by atoms with E-state index in [9.17, 15) is 18.0 Å². The molecule has 2 aliphatic rings. The first-order chi connectivity index (χ1) is 10.5. The first-order valence-electron chi connectivity index (χ1n) is 7.63. The van der Waals surface area contributed by atoms with Crippen molar-refractivity contribution in [2.24, 2.45) is 5.92 Å². The van der Waals surface area contributed by atoms with Gasteiger partial charge < -0.3 is 10.2 Å². The molecule has 1 aliphatic heterocycles. The predicted octanol–water partition coefficient (Wildman–Crippen LogP) is 2.81. The molecule has 1 amide bonds. The highest BCUT2D eigenvalue weighted by atomic mass is 19.4. The molecule has 1 atom stereocenters. The number of benzene rings is 1. The summed E-state index contributed by atoms with van der Waals surface area (Å²) in [4.78, 5) is 14.3. The van der Waals surface area contributed by atoms with Gasteiger partial charge >= 0.3 is 6.18 Å². The van der Waals surface area contributed by atoms with E-state index in [2.05, 4.69) is 5.32 Å². The average Bonchev–Trinajstić information content (AvgIpc) is 3.17. The number of nitrogens with zero attached hydrogens (tertiary/aromatic N) is 1. The van der Waals surface area contributed by atoms with Gasteiger partial charge in [0.1, 0.15) is 0 Å². The Labute approximate surface area is 127 Å². The molecule has 0 radical (unpaired) electrons. The minimum atomic E-state index is -4.39. The van der Waals surface area contributed by atoms with Gasteiger partial charge in [0.2, 0.25) is 5.91 Å². The fourth-order valence-electron chi connectivity index (χ4n) is 2.99. The Hall–Kier alpha value is -1.56. The third-order valence-electron chi connectivity index (χ3n) is 4.34. The van der Waals surface area contributed by atoms with E-state index in [0.717, 1.165) is 31.9 Å². The Balaban J connectivity index is 1.81. The van der Waals surface area contributed by atoms with Crippen LogP contribution in [0.25, 0.3) is 0 Å². The number of halogens is 3. The first kappa shape index (κ1) is 15.3. The van der Waals surface area contributed by atoms with Crippen LogP contribution in [-0.2, 0) is 17.5 Å². The molecule has 1 aromatic carbocycles. The van der Waals surface area contributed by atoms with Crippen LogP contribution in [0.15, 0.2) is 24.3 Å². The van der Waals surface area contributed by atoms with Gasteiger partial charge in [-0.3, -0.25) is 4.79 Å². The summed E-state index contributed by atoms with van der Waals surface area (Å²) in [6, 6.07) is 5.64. The van der Waals surface area contributed by atoms with Crippen molar-refractivity contribution in [3.05, 3.63) is 35.4 Å². The fraction of sp³-hybridized carbons (Fsp3) is 0.562. The summed E-state index contributed by atoms with van der Waals surface area (Å²) in [5.74, 6) is -0.108. The van der Waals surface area contributed by atoms with Gasteiger partial charge in [-0.1, -0.05) is 18.2 Å². The summed E-state index contributed by atoms with van der Waals surface area (Å²) in [5, 5.41) is 3.14. The highest BCUT2D eigenvalue weighted by Gasteiger charge is 2.39. The molecule has 1 heterocycles. The van der Waals surface area contributed by atoms with Crippen LogP contribution in [0.2, 0.25) is 0 Å². The SMILES string of the molecule is O=C(C1CCNC1)N(Cc1ccccc1C(F)(F)F)C1CC1. The first-order valence-corrected chi connectivity index (χ1v) is 7.63. The maximum atomic E-state index is 13.1. The molecule has 3 rings (SSSR count). The lowest BCUT2D eigenvalue weighted by molar-refractivity contribution is -0.141. The minimum Gasteiger partial charge on any atom is -0.335 e. The topological polar surface area (TPSA) is 32.3 Å². The van der Waals surface area contributed by atoms with Gasteiger partial charge in [-0.15, -0.1) is 0 Å². The summed E-state index contributed by atoms with van der Waals surface area (Å²) in [6.45, 7) is 1.48. The average molecular weight is 312 g/mol. The van der Waals surface area contributed by atoms with Crippen LogP contribution in [0.5, 0.6) is 0 Å². The second-order valence-corrected chi connectivity index (χ2v) is 6.04. The van der Waals surface area contributed by atoms with E-state index >= 15 is 0 Å². The molecular formula is C16H19F3N2O. The van der Waals surface area contributed by atoms with Gasteiger partial charge in [0.25, 0.3) is 0 Å². The molecule has 1 N–H and O–H groups in total. The van der Waals surface area contributed by atoms with E-state index in [4.69, 9.17) is 0 Å². The van der Waals surface area contributed by atoms with Crippen LogP contribution < -0.4 is 5.32 Å². The number of alkyl halides is 3. The zero-order valence-corrected chi connectivity index (χ0v) is 12.2. The highest BCUT2D eigenvalue weighted by Crippen LogP contribution is 2.35. The van der Waals surface area contributed by atoms with E-state index in [1.165, 1.54) is 12.1 Å². The Morgan fingerprint density at radius 2 is 1.95 bits per heavy atom. The largest absolute Gasteiger partial charge is 0.416 e. The van der Waals surface area contributed by atoms with Crippen molar-refractivity contribution >= 4 is 5.91 Å². The minimum absolute atomic E-state index is 0.00974. The van der Waals surface area contributed by atoms with Gasteiger partial charge in [-0.25, -0.2) is 0 Å². The van der Waals surface area contributed by atoms with Crippen LogP contribution >= 0.6 is 0 Å². The lowest BCUT2D eigenvalue weighted by atomic mass is 10.0. The van der Waals surface area contributed by atoms with Gasteiger partial charge in [-0.2, -0.15) is 13.2 Å². The fourth-order valence-corrected chi connectivity index (χ4v) is 2.99. The van der Waals surface area contributed by atoms with Crippen molar-refractivity contribution in [2.75, 3.05) is 13.1 Å². The number of carbonyl (C=O) groups is 1. The molecule has 0 spiro atoms. The molecule has 22 heavy (non-hydrogen) atoms. The Morgan fingerprint density at radius 3 is 2.55 bits per heavy atom. The summed E-state index contributed by atoms with van der Waals surface area (Å²) in [6.07, 6.45) is -1.84. The zero-order valence-electron chi connectivity index (χ0n) is 12.2. The van der Waals surface area contributed by atoms with E-state index < -0.39 is 11.7 Å². The maximum Gasteiger partial charge on any atom is 0.416 e. The lowest BCUT2D eigenvalue weighted by Crippen LogP contribution is -2.38. The summed E-state index contributed by atoms with van der Waals surface area (Å²) in [7, 11) is 0. The summed E-state index contributed by atoms with van der Waals surface area (Å²) in [5.41, 5.74) is -0.459. The third kappa shape index (κ3) is 3.27. The molecule has 1 aliphatic carbocycles. The smallest absolute Gasteiger partial charge is 0.335 e. The zero-order chi connectivity index (χ0) is 15.7. The maximum absolute atomic E-state index is 13.1. The molecule has 3 nitrogen and oxygen atoms in total. The molecule has 1 unspecified atom stereocenters. The standard InChI is InChI=1S/C16H19F3N2O/c17-16(18,19)14-4-2-1-3-12(14)10-21(13-5-6-13)15(22)11-7-8-20-9-11/h1-4,11,13,20H,5-10H2. The quantitative estimate of drug-likeness (QED) is 0.927. The van der Waals surface area contributed by atoms with Gasteiger partial charge in [0.05, 0.1) is 11.5 Å². The molecule has 1 saturated carbocycles. The van der Waals surface area contributed by atoms with Crippen molar-refractivity contribution in [3.8, 4) is 0 Å². The van der Waals surface area contributed by atoms with E-state index in [0.29, 0.717) is 6.54 Å². The van der Waals surface area contributed by atoms with Gasteiger partial charge in [-0.05, 0) is 37.4 Å². The molecule has 1 aromatic rings. The highest BCUT2D eigenvalue weighted by molar-refractivity contribution is 5.80. The van der Waals surface area contributed by atoms with Crippen LogP contribution in [0.1, 0.15) is 30.4 Å². The third-order valence-corrected chi connectivity index (χ3v) is 4.34. The van der Waals surface area contributed by atoms with E-state index in [1.807, 2.05) is 0 Å². The Morgan fingerprint density at radius 1 is 1.23 bits per heavy atom. The van der Waals surface area contributed by atoms with Crippen LogP contribution in [0.3, 0.4) is 0 Å². The molecule has 0 aromatic heterocycles. The van der Waals surface area contributed by atoms with Crippen molar-refractivity contribution in [1.82, 2.24) is 10.2 Å². The molecule has 0 bridgehead atoms. The molecule has 1 saturated heterocycles. The second kappa shape index (κ2) is 5.91. The van der Waals surface area contributed by atoms with Gasteiger partial charge in [0, 0.05) is 19.1 Å². The monoisotopic (exact) mass is 312 g/mol. The Kier molecular flexibility index (Phi) is 4.12. The van der Waals surface area contributed by atoms with E-state index in [1.54, 1.807) is 11.0 Å². The van der Waals surface area contributed by atoms with Crippen molar-refractivity contribution in [3.63, 3.8) is 0 Å². The van der Waals surface area contributed by atoms with E-state index in [-0.39, 0.29) is 30.0 Å². The predicted molar refractivity (Wildman–Crippen MR) is 76.0 cm³/mol. The normalized spacial score (nSPS) is 21.9. The lowest BCUT2D eigenvalue weighted by Gasteiger charge is -2.26. The number of hydrogen-bond acceptors (Lipinski definition) is 2. The number of hydrogen-bond donors (Lipinski definition) is 1. The van der Waals surface area contributed by atoms with Gasteiger partial charge in [0.15, 0.2) is 0 Å². The molecular weight excluding hydrogens is 293 g/mol. The molecule has 6 heteroatoms. The number of nitrogens with one attached hydrogen (secondary N) is 1. The number of carbonyl (C=O) groups excluding carboxylic acids is 1. The van der Waals surface area contributed by atoms with Crippen LogP contribution in [-0.4, -0.2) is 29.9 Å². The summed E-state index contributed by atoms with van der Waals surface area (Å²) < 4.78 is 39.3. The number of rotatable bonds is 4. The summed E-state index contributed by atoms with van der Waals surface area (Å²) >= 11 is 0. The number of amides is 1. The van der Waals surface area contributed by atoms with Crippen molar-refractivity contribution in [2.45, 2.75) is 38.0 Å². The van der Waals surface area contributed by atoms with Crippen molar-refractivity contribution < 1.29 is 18.0 Å². The van der Waals surface area contributed by atoms with Crippen LogP contribution in [0.4, 0.5) is 13.2 Å². The molecule has 120 valence electrons. The van der Waals surface area contributed by atoms with Crippen LogP contribution in [0, 0.1) is 5.92 Å². The molecule has 2 fully saturated rings. The Bertz CT molecular complexity index is 549. The van der Waals surface area contributed by atoms with Crippen molar-refractivity contribution in [1.29, 1.82) is 0 Å².